The lowest BCUT2D eigenvalue weighted by Crippen LogP contribution is -2.07. The second-order valence-electron chi connectivity index (χ2n) is 6.68. The highest BCUT2D eigenvalue weighted by atomic mass is 15.0. The number of hydrogen-bond donors (Lipinski definition) is 0. The van der Waals surface area contributed by atoms with Crippen molar-refractivity contribution >= 4 is 11.1 Å². The molecule has 2 nitrogen and oxygen atoms in total. The fraction of sp³-hybridized carbons (Fsp3) is 0.0833. The average Bonchev–Trinajstić information content (AvgIpc) is 3.49. The summed E-state index contributed by atoms with van der Waals surface area (Å²) in [5.41, 5.74) is 7.89. The van der Waals surface area contributed by atoms with Gasteiger partial charge in [-0.1, -0.05) is 42.5 Å². The van der Waals surface area contributed by atoms with Crippen molar-refractivity contribution in [3.8, 4) is 11.4 Å². The van der Waals surface area contributed by atoms with Crippen molar-refractivity contribution in [1.29, 1.82) is 0 Å². The van der Waals surface area contributed by atoms with Crippen LogP contribution in [0.15, 0.2) is 97.6 Å². The minimum Gasteiger partial charge on any atom is -0.322 e. The molecule has 0 radical (unpaired) electrons. The summed E-state index contributed by atoms with van der Waals surface area (Å²) in [6.07, 6.45) is 23.8. The second-order valence-corrected chi connectivity index (χ2v) is 6.68. The Morgan fingerprint density at radius 1 is 0.654 bits per heavy atom. The summed E-state index contributed by atoms with van der Waals surface area (Å²) in [5, 5.41) is 0. The lowest BCUT2D eigenvalue weighted by Gasteiger charge is -2.22. The highest BCUT2D eigenvalue weighted by Gasteiger charge is 2.21. The molecule has 2 aromatic heterocycles. The van der Waals surface area contributed by atoms with Gasteiger partial charge < -0.3 is 9.13 Å². The van der Waals surface area contributed by atoms with Crippen LogP contribution in [0.2, 0.25) is 0 Å². The normalized spacial score (nSPS) is 15.5. The van der Waals surface area contributed by atoms with E-state index in [1.807, 2.05) is 0 Å². The molecule has 0 unspecified atom stereocenters. The second kappa shape index (κ2) is 6.23. The third-order valence-electron chi connectivity index (χ3n) is 5.11. The van der Waals surface area contributed by atoms with Gasteiger partial charge in [-0.15, -0.1) is 0 Å². The van der Waals surface area contributed by atoms with Crippen molar-refractivity contribution < 1.29 is 0 Å². The first-order valence-corrected chi connectivity index (χ1v) is 9.07. The van der Waals surface area contributed by atoms with Gasteiger partial charge in [-0.25, -0.2) is 0 Å². The molecule has 0 fully saturated rings. The smallest absolute Gasteiger partial charge is 0.0774 e. The van der Waals surface area contributed by atoms with E-state index in [1.54, 1.807) is 0 Å². The predicted octanol–water partition coefficient (Wildman–Crippen LogP) is 5.95. The first-order valence-electron chi connectivity index (χ1n) is 9.07. The molecule has 0 saturated carbocycles. The molecule has 2 heterocycles. The minimum atomic E-state index is 0.983. The monoisotopic (exact) mass is 336 g/mol. The van der Waals surface area contributed by atoms with Gasteiger partial charge in [0.2, 0.25) is 0 Å². The molecule has 2 aliphatic carbocycles. The standard InChI is InChI=1S/C24H20N2/c1-2-10-19(9-1)21-13-14-22(25-15-5-6-16-25)24(26-17-7-8-18-26)23(21)20-11-3-4-12-20/h1-9,11,13-18H,10,12H2. The van der Waals surface area contributed by atoms with Crippen molar-refractivity contribution in [2.45, 2.75) is 12.8 Å². The molecule has 5 rings (SSSR count). The molecule has 2 aliphatic rings. The summed E-state index contributed by atoms with van der Waals surface area (Å²) in [6, 6.07) is 12.9. The fourth-order valence-electron chi connectivity index (χ4n) is 3.90. The topological polar surface area (TPSA) is 9.86 Å². The molecule has 0 amide bonds. The van der Waals surface area contributed by atoms with E-state index in [0.29, 0.717) is 0 Å². The molecule has 0 atom stereocenters. The van der Waals surface area contributed by atoms with E-state index in [2.05, 4.69) is 107 Å². The maximum absolute atomic E-state index is 2.29. The largest absolute Gasteiger partial charge is 0.322 e. The fourth-order valence-corrected chi connectivity index (χ4v) is 3.90. The minimum absolute atomic E-state index is 0.983. The lowest BCUT2D eigenvalue weighted by atomic mass is 9.90. The molecule has 3 aromatic rings. The Kier molecular flexibility index (Phi) is 3.60. The van der Waals surface area contributed by atoms with Gasteiger partial charge >= 0.3 is 0 Å². The van der Waals surface area contributed by atoms with Crippen LogP contribution in [0.25, 0.3) is 22.5 Å². The third-order valence-corrected chi connectivity index (χ3v) is 5.11. The Morgan fingerprint density at radius 2 is 1.27 bits per heavy atom. The van der Waals surface area contributed by atoms with Crippen LogP contribution in [0.4, 0.5) is 0 Å². The van der Waals surface area contributed by atoms with Gasteiger partial charge in [0, 0.05) is 30.4 Å². The number of allylic oxidation sites excluding steroid dienone is 8. The Balaban J connectivity index is 1.83. The summed E-state index contributed by atoms with van der Waals surface area (Å²) in [5.74, 6) is 0. The molecule has 0 aliphatic heterocycles. The summed E-state index contributed by atoms with van der Waals surface area (Å²) in [4.78, 5) is 0. The van der Waals surface area contributed by atoms with Crippen molar-refractivity contribution in [3.05, 3.63) is 109 Å². The molecular weight excluding hydrogens is 316 g/mol. The Labute approximate surface area is 153 Å². The maximum Gasteiger partial charge on any atom is 0.0774 e. The van der Waals surface area contributed by atoms with E-state index >= 15 is 0 Å². The van der Waals surface area contributed by atoms with Crippen molar-refractivity contribution in [1.82, 2.24) is 9.13 Å². The molecule has 0 spiro atoms. The Morgan fingerprint density at radius 3 is 1.88 bits per heavy atom. The zero-order valence-corrected chi connectivity index (χ0v) is 14.5. The van der Waals surface area contributed by atoms with Gasteiger partial charge in [-0.2, -0.15) is 0 Å². The highest BCUT2D eigenvalue weighted by molar-refractivity contribution is 5.89. The molecule has 0 N–H and O–H groups in total. The SMILES string of the molecule is C1=CCC(c2ccc(-n3cccc3)c(-n3cccc3)c2C2=CC=CC2)=C1. The van der Waals surface area contributed by atoms with Gasteiger partial charge in [-0.05, 0) is 59.9 Å². The van der Waals surface area contributed by atoms with Crippen LogP contribution in [0.5, 0.6) is 0 Å². The summed E-state index contributed by atoms with van der Waals surface area (Å²) in [6.45, 7) is 0. The maximum atomic E-state index is 2.29. The van der Waals surface area contributed by atoms with E-state index in [0.717, 1.165) is 12.8 Å². The van der Waals surface area contributed by atoms with Gasteiger partial charge in [0.15, 0.2) is 0 Å². The highest BCUT2D eigenvalue weighted by Crippen LogP contribution is 2.40. The first kappa shape index (κ1) is 15.0. The zero-order valence-electron chi connectivity index (χ0n) is 14.5. The van der Waals surface area contributed by atoms with Crippen LogP contribution in [-0.4, -0.2) is 9.13 Å². The molecule has 2 heteroatoms. The van der Waals surface area contributed by atoms with Gasteiger partial charge in [0.05, 0.1) is 11.4 Å². The molecule has 0 saturated heterocycles. The Hall–Kier alpha value is -3.26. The molecule has 26 heavy (non-hydrogen) atoms. The van der Waals surface area contributed by atoms with Crippen LogP contribution in [0.1, 0.15) is 24.0 Å². The van der Waals surface area contributed by atoms with Gasteiger partial charge in [-0.3, -0.25) is 0 Å². The predicted molar refractivity (Wildman–Crippen MR) is 109 cm³/mol. The van der Waals surface area contributed by atoms with Gasteiger partial charge in [0.1, 0.15) is 0 Å². The molecular formula is C24H20N2. The van der Waals surface area contributed by atoms with Crippen LogP contribution < -0.4 is 0 Å². The van der Waals surface area contributed by atoms with Crippen molar-refractivity contribution in [2.75, 3.05) is 0 Å². The first-order chi connectivity index (χ1) is 12.9. The van der Waals surface area contributed by atoms with Crippen LogP contribution in [-0.2, 0) is 0 Å². The average molecular weight is 336 g/mol. The number of hydrogen-bond acceptors (Lipinski definition) is 0. The summed E-state index contributed by atoms with van der Waals surface area (Å²) < 4.78 is 4.45. The van der Waals surface area contributed by atoms with Crippen LogP contribution >= 0.6 is 0 Å². The summed E-state index contributed by atoms with van der Waals surface area (Å²) in [7, 11) is 0. The zero-order chi connectivity index (χ0) is 17.3. The lowest BCUT2D eigenvalue weighted by molar-refractivity contribution is 0.995. The van der Waals surface area contributed by atoms with E-state index in [4.69, 9.17) is 0 Å². The number of nitrogens with zero attached hydrogens (tertiary/aromatic N) is 2. The number of rotatable bonds is 4. The van der Waals surface area contributed by atoms with Gasteiger partial charge in [0.25, 0.3) is 0 Å². The third kappa shape index (κ3) is 2.42. The van der Waals surface area contributed by atoms with Crippen molar-refractivity contribution in [3.63, 3.8) is 0 Å². The van der Waals surface area contributed by atoms with E-state index in [1.165, 1.54) is 33.6 Å². The van der Waals surface area contributed by atoms with E-state index in [9.17, 15) is 0 Å². The molecule has 0 bridgehead atoms. The van der Waals surface area contributed by atoms with E-state index in [-0.39, 0.29) is 0 Å². The van der Waals surface area contributed by atoms with Crippen LogP contribution in [0.3, 0.4) is 0 Å². The number of benzene rings is 1. The van der Waals surface area contributed by atoms with E-state index < -0.39 is 0 Å². The number of aromatic nitrogens is 2. The quantitative estimate of drug-likeness (QED) is 0.557. The summed E-state index contributed by atoms with van der Waals surface area (Å²) >= 11 is 0. The van der Waals surface area contributed by atoms with Crippen molar-refractivity contribution in [2.24, 2.45) is 0 Å². The Bertz CT molecular complexity index is 1060. The molecule has 1 aromatic carbocycles. The van der Waals surface area contributed by atoms with Crippen LogP contribution in [0, 0.1) is 0 Å². The molecule has 126 valence electrons.